The minimum Gasteiger partial charge on any atom is -0.477 e. The van der Waals surface area contributed by atoms with Gasteiger partial charge in [0.15, 0.2) is 6.04 Å². The van der Waals surface area contributed by atoms with Crippen LogP contribution in [0.2, 0.25) is 0 Å². The summed E-state index contributed by atoms with van der Waals surface area (Å²) in [6.07, 6.45) is 24.7. The standard InChI is InChI=1S/C28H57NO2/c1-7-10-11-12-13-14-15-16-17-18-19-20-21-22-23-25-28(9-3,24-8-2)26(27(30)31)29(4,5)6/h26H,7-25H2,1-6H3/p+1. The van der Waals surface area contributed by atoms with Gasteiger partial charge in [-0.25, -0.2) is 4.79 Å². The molecular weight excluding hydrogens is 382 g/mol. The minimum atomic E-state index is -0.622. The van der Waals surface area contributed by atoms with E-state index >= 15 is 0 Å². The zero-order valence-electron chi connectivity index (χ0n) is 22.3. The lowest BCUT2D eigenvalue weighted by molar-refractivity contribution is -0.895. The maximum Gasteiger partial charge on any atom is 0.363 e. The Hall–Kier alpha value is -0.570. The first kappa shape index (κ1) is 30.4. The van der Waals surface area contributed by atoms with Gasteiger partial charge in [0.1, 0.15) is 0 Å². The van der Waals surface area contributed by atoms with Gasteiger partial charge in [-0.3, -0.25) is 0 Å². The Labute approximate surface area is 196 Å². The van der Waals surface area contributed by atoms with E-state index in [0.717, 1.165) is 25.7 Å². The molecule has 0 saturated heterocycles. The molecule has 0 aliphatic rings. The van der Waals surface area contributed by atoms with Crippen LogP contribution in [0.5, 0.6) is 0 Å². The summed E-state index contributed by atoms with van der Waals surface area (Å²) < 4.78 is 0.516. The van der Waals surface area contributed by atoms with Crippen LogP contribution < -0.4 is 0 Å². The van der Waals surface area contributed by atoms with Crippen LogP contribution in [0.15, 0.2) is 0 Å². The molecule has 31 heavy (non-hydrogen) atoms. The molecule has 0 aromatic carbocycles. The largest absolute Gasteiger partial charge is 0.477 e. The predicted molar refractivity (Wildman–Crippen MR) is 137 cm³/mol. The molecule has 2 atom stereocenters. The number of quaternary nitrogens is 1. The summed E-state index contributed by atoms with van der Waals surface area (Å²) >= 11 is 0. The predicted octanol–water partition coefficient (Wildman–Crippen LogP) is 8.60. The number of hydrogen-bond donors (Lipinski definition) is 1. The minimum absolute atomic E-state index is 0.0740. The molecule has 0 amide bonds. The van der Waals surface area contributed by atoms with Crippen LogP contribution in [-0.2, 0) is 4.79 Å². The molecule has 0 saturated carbocycles. The van der Waals surface area contributed by atoms with E-state index in [4.69, 9.17) is 0 Å². The van der Waals surface area contributed by atoms with E-state index in [0.29, 0.717) is 4.48 Å². The number of aliphatic carboxylic acids is 1. The van der Waals surface area contributed by atoms with E-state index in [9.17, 15) is 9.90 Å². The van der Waals surface area contributed by atoms with E-state index in [1.54, 1.807) is 0 Å². The zero-order valence-corrected chi connectivity index (χ0v) is 22.3. The van der Waals surface area contributed by atoms with Crippen LogP contribution in [0.25, 0.3) is 0 Å². The summed E-state index contributed by atoms with van der Waals surface area (Å²) in [6, 6.07) is -0.316. The molecule has 0 fully saturated rings. The Bertz CT molecular complexity index is 429. The molecule has 0 radical (unpaired) electrons. The monoisotopic (exact) mass is 440 g/mol. The molecule has 0 aromatic heterocycles. The van der Waals surface area contributed by atoms with Gasteiger partial charge in [0.05, 0.1) is 21.1 Å². The number of nitrogens with zero attached hydrogens (tertiary/aromatic N) is 1. The summed E-state index contributed by atoms with van der Waals surface area (Å²) in [5.74, 6) is -0.622. The molecule has 0 aliphatic carbocycles. The lowest BCUT2D eigenvalue weighted by atomic mass is 9.69. The van der Waals surface area contributed by atoms with Gasteiger partial charge in [0.2, 0.25) is 0 Å². The fourth-order valence-electron chi connectivity index (χ4n) is 5.71. The summed E-state index contributed by atoms with van der Waals surface area (Å²) in [4.78, 5) is 12.2. The van der Waals surface area contributed by atoms with Crippen LogP contribution in [-0.4, -0.2) is 42.7 Å². The van der Waals surface area contributed by atoms with Gasteiger partial charge in [-0.1, -0.05) is 124 Å². The molecule has 0 aromatic rings. The summed E-state index contributed by atoms with van der Waals surface area (Å²) in [7, 11) is 6.14. The number of carboxylic acid groups (broad SMARTS) is 1. The number of unbranched alkanes of at least 4 members (excludes halogenated alkanes) is 14. The van der Waals surface area contributed by atoms with Crippen LogP contribution >= 0.6 is 0 Å². The molecule has 3 heteroatoms. The molecular formula is C28H58NO2+. The highest BCUT2D eigenvalue weighted by molar-refractivity contribution is 5.73. The van der Waals surface area contributed by atoms with Crippen LogP contribution in [0.1, 0.15) is 143 Å². The van der Waals surface area contributed by atoms with Gasteiger partial charge in [0.25, 0.3) is 0 Å². The van der Waals surface area contributed by atoms with Gasteiger partial charge in [-0.05, 0) is 19.3 Å². The quantitative estimate of drug-likeness (QED) is 0.135. The van der Waals surface area contributed by atoms with Gasteiger partial charge in [0, 0.05) is 5.41 Å². The van der Waals surface area contributed by atoms with Crippen LogP contribution in [0.4, 0.5) is 0 Å². The Morgan fingerprint density at radius 1 is 0.645 bits per heavy atom. The van der Waals surface area contributed by atoms with E-state index < -0.39 is 5.97 Å². The average molecular weight is 441 g/mol. The van der Waals surface area contributed by atoms with Crippen molar-refractivity contribution in [2.45, 2.75) is 149 Å². The molecule has 0 bridgehead atoms. The Kier molecular flexibility index (Phi) is 17.6. The van der Waals surface area contributed by atoms with Gasteiger partial charge < -0.3 is 9.59 Å². The maximum atomic E-state index is 12.2. The number of rotatable bonds is 22. The fourth-order valence-corrected chi connectivity index (χ4v) is 5.71. The van der Waals surface area contributed by atoms with Crippen molar-refractivity contribution in [2.75, 3.05) is 21.1 Å². The first-order valence-corrected chi connectivity index (χ1v) is 13.8. The van der Waals surface area contributed by atoms with Crippen molar-refractivity contribution in [2.24, 2.45) is 5.41 Å². The first-order chi connectivity index (χ1) is 14.7. The van der Waals surface area contributed by atoms with Crippen molar-refractivity contribution in [1.29, 1.82) is 0 Å². The SMILES string of the molecule is CCCCCCCCCCCCCCCCCC(CC)(CCC)C(C(=O)O)[N+](C)(C)C. The molecule has 2 unspecified atom stereocenters. The van der Waals surface area contributed by atoms with Crippen LogP contribution in [0, 0.1) is 5.41 Å². The Morgan fingerprint density at radius 2 is 1.03 bits per heavy atom. The first-order valence-electron chi connectivity index (χ1n) is 13.8. The summed E-state index contributed by atoms with van der Waals surface area (Å²) in [5, 5.41) is 10.0. The molecule has 0 rings (SSSR count). The van der Waals surface area contributed by atoms with Crippen molar-refractivity contribution in [1.82, 2.24) is 0 Å². The van der Waals surface area contributed by atoms with Crippen molar-refractivity contribution < 1.29 is 14.4 Å². The van der Waals surface area contributed by atoms with Gasteiger partial charge in [-0.2, -0.15) is 0 Å². The fraction of sp³-hybridized carbons (Fsp3) is 0.964. The highest BCUT2D eigenvalue weighted by Crippen LogP contribution is 2.41. The van der Waals surface area contributed by atoms with Crippen molar-refractivity contribution in [3.8, 4) is 0 Å². The zero-order chi connectivity index (χ0) is 23.6. The second-order valence-corrected chi connectivity index (χ2v) is 11.0. The summed E-state index contributed by atoms with van der Waals surface area (Å²) in [5.41, 5.74) is -0.0740. The van der Waals surface area contributed by atoms with Gasteiger partial charge in [-0.15, -0.1) is 0 Å². The third-order valence-corrected chi connectivity index (χ3v) is 7.32. The normalized spacial score (nSPS) is 15.0. The number of carboxylic acids is 1. The van der Waals surface area contributed by atoms with E-state index in [1.807, 2.05) is 21.1 Å². The van der Waals surface area contributed by atoms with Crippen LogP contribution in [0.3, 0.4) is 0 Å². The molecule has 0 spiro atoms. The molecule has 0 heterocycles. The second kappa shape index (κ2) is 17.9. The molecule has 1 N–H and O–H groups in total. The van der Waals surface area contributed by atoms with E-state index in [-0.39, 0.29) is 11.5 Å². The smallest absolute Gasteiger partial charge is 0.363 e. The lowest BCUT2D eigenvalue weighted by Gasteiger charge is -2.45. The Balaban J connectivity index is 4.03. The third-order valence-electron chi connectivity index (χ3n) is 7.32. The van der Waals surface area contributed by atoms with Gasteiger partial charge >= 0.3 is 5.97 Å². The molecule has 0 aliphatic heterocycles. The molecule has 3 nitrogen and oxygen atoms in total. The van der Waals surface area contributed by atoms with E-state index in [2.05, 4.69) is 20.8 Å². The third kappa shape index (κ3) is 13.5. The van der Waals surface area contributed by atoms with Crippen molar-refractivity contribution in [3.05, 3.63) is 0 Å². The Morgan fingerprint density at radius 3 is 1.32 bits per heavy atom. The number of likely N-dealkylation sites (N-methyl/N-ethyl adjacent to an activating group) is 1. The topological polar surface area (TPSA) is 37.3 Å². The average Bonchev–Trinajstić information content (AvgIpc) is 2.69. The summed E-state index contributed by atoms with van der Waals surface area (Å²) in [6.45, 7) is 6.68. The highest BCUT2D eigenvalue weighted by Gasteiger charge is 2.48. The number of hydrogen-bond acceptors (Lipinski definition) is 1. The van der Waals surface area contributed by atoms with E-state index in [1.165, 1.54) is 96.3 Å². The second-order valence-electron chi connectivity index (χ2n) is 11.0. The highest BCUT2D eigenvalue weighted by atomic mass is 16.4. The molecule has 186 valence electrons. The van der Waals surface area contributed by atoms with Crippen molar-refractivity contribution in [3.63, 3.8) is 0 Å². The van der Waals surface area contributed by atoms with Crippen molar-refractivity contribution >= 4 is 5.97 Å². The lowest BCUT2D eigenvalue weighted by Crippen LogP contribution is -2.59. The number of carbonyl (C=O) groups is 1. The maximum absolute atomic E-state index is 12.2.